The van der Waals surface area contributed by atoms with Gasteiger partial charge in [0.15, 0.2) is 0 Å². The first kappa shape index (κ1) is 16.9. The SMILES string of the molecule is Cc1cnn(CC(=O)N2CCN(Cc3c(F)cccc3Cl)CC2)c1. The van der Waals surface area contributed by atoms with E-state index < -0.39 is 0 Å². The summed E-state index contributed by atoms with van der Waals surface area (Å²) in [6.45, 7) is 5.33. The summed E-state index contributed by atoms with van der Waals surface area (Å²) in [6.07, 6.45) is 3.59. The van der Waals surface area contributed by atoms with E-state index in [1.54, 1.807) is 23.0 Å². The van der Waals surface area contributed by atoms with Crippen LogP contribution in [-0.4, -0.2) is 51.7 Å². The summed E-state index contributed by atoms with van der Waals surface area (Å²) in [5.41, 5.74) is 1.56. The van der Waals surface area contributed by atoms with Gasteiger partial charge in [-0.1, -0.05) is 17.7 Å². The van der Waals surface area contributed by atoms with Crippen molar-refractivity contribution in [2.24, 2.45) is 0 Å². The molecule has 2 aromatic rings. The molecule has 0 radical (unpaired) electrons. The Balaban J connectivity index is 1.53. The van der Waals surface area contributed by atoms with Gasteiger partial charge in [0.1, 0.15) is 12.4 Å². The Morgan fingerprint density at radius 3 is 2.67 bits per heavy atom. The number of hydrogen-bond acceptors (Lipinski definition) is 3. The largest absolute Gasteiger partial charge is 0.339 e. The summed E-state index contributed by atoms with van der Waals surface area (Å²) in [5, 5.41) is 4.59. The highest BCUT2D eigenvalue weighted by Crippen LogP contribution is 2.21. The van der Waals surface area contributed by atoms with Crippen LogP contribution in [-0.2, 0) is 17.9 Å². The normalized spacial score (nSPS) is 15.7. The zero-order chi connectivity index (χ0) is 17.1. The quantitative estimate of drug-likeness (QED) is 0.849. The fourth-order valence-electron chi connectivity index (χ4n) is 2.85. The van der Waals surface area contributed by atoms with Crippen LogP contribution in [0.4, 0.5) is 4.39 Å². The number of benzene rings is 1. The number of carbonyl (C=O) groups is 1. The van der Waals surface area contributed by atoms with E-state index in [9.17, 15) is 9.18 Å². The van der Waals surface area contributed by atoms with Crippen molar-refractivity contribution in [3.63, 3.8) is 0 Å². The first-order valence-electron chi connectivity index (χ1n) is 7.95. The molecule has 24 heavy (non-hydrogen) atoms. The second kappa shape index (κ2) is 7.32. The summed E-state index contributed by atoms with van der Waals surface area (Å²) in [4.78, 5) is 16.3. The van der Waals surface area contributed by atoms with Crippen LogP contribution in [0.2, 0.25) is 5.02 Å². The maximum Gasteiger partial charge on any atom is 0.244 e. The van der Waals surface area contributed by atoms with Gasteiger partial charge in [0.2, 0.25) is 5.91 Å². The van der Waals surface area contributed by atoms with Gasteiger partial charge in [0, 0.05) is 49.5 Å². The van der Waals surface area contributed by atoms with E-state index in [2.05, 4.69) is 10.00 Å². The minimum atomic E-state index is -0.282. The van der Waals surface area contributed by atoms with Gasteiger partial charge in [0.05, 0.1) is 6.20 Å². The number of carbonyl (C=O) groups excluding carboxylic acids is 1. The maximum absolute atomic E-state index is 13.9. The number of amides is 1. The smallest absolute Gasteiger partial charge is 0.244 e. The molecule has 128 valence electrons. The van der Waals surface area contributed by atoms with Crippen LogP contribution in [0.25, 0.3) is 0 Å². The molecule has 3 rings (SSSR count). The van der Waals surface area contributed by atoms with Crippen LogP contribution < -0.4 is 0 Å². The lowest BCUT2D eigenvalue weighted by molar-refractivity contribution is -0.133. The molecule has 1 saturated heterocycles. The van der Waals surface area contributed by atoms with Gasteiger partial charge in [-0.3, -0.25) is 14.4 Å². The zero-order valence-electron chi connectivity index (χ0n) is 13.6. The Bertz CT molecular complexity index is 705. The second-order valence-electron chi connectivity index (χ2n) is 6.07. The van der Waals surface area contributed by atoms with E-state index in [1.165, 1.54) is 6.07 Å². The average Bonchev–Trinajstić information content (AvgIpc) is 2.96. The van der Waals surface area contributed by atoms with Crippen molar-refractivity contribution in [1.29, 1.82) is 0 Å². The third-order valence-electron chi connectivity index (χ3n) is 4.23. The predicted octanol–water partition coefficient (Wildman–Crippen LogP) is 2.33. The van der Waals surface area contributed by atoms with E-state index in [-0.39, 0.29) is 18.3 Å². The molecule has 0 bridgehead atoms. The molecule has 1 aromatic carbocycles. The predicted molar refractivity (Wildman–Crippen MR) is 90.2 cm³/mol. The first-order valence-corrected chi connectivity index (χ1v) is 8.33. The molecule has 2 heterocycles. The highest BCUT2D eigenvalue weighted by atomic mass is 35.5. The Labute approximate surface area is 145 Å². The fraction of sp³-hybridized carbons (Fsp3) is 0.412. The van der Waals surface area contributed by atoms with Crippen molar-refractivity contribution in [1.82, 2.24) is 19.6 Å². The van der Waals surface area contributed by atoms with Crippen LogP contribution in [0.1, 0.15) is 11.1 Å². The molecule has 0 atom stereocenters. The second-order valence-corrected chi connectivity index (χ2v) is 6.48. The molecular formula is C17H20ClFN4O. The lowest BCUT2D eigenvalue weighted by Crippen LogP contribution is -2.49. The third kappa shape index (κ3) is 3.94. The topological polar surface area (TPSA) is 41.4 Å². The zero-order valence-corrected chi connectivity index (χ0v) is 14.3. The molecule has 7 heteroatoms. The number of aromatic nitrogens is 2. The summed E-state index contributed by atoms with van der Waals surface area (Å²) in [5.74, 6) is -0.225. The Hall–Kier alpha value is -1.92. The first-order chi connectivity index (χ1) is 11.5. The van der Waals surface area contributed by atoms with Gasteiger partial charge in [-0.2, -0.15) is 5.10 Å². The van der Waals surface area contributed by atoms with Crippen LogP contribution in [0, 0.1) is 12.7 Å². The van der Waals surface area contributed by atoms with E-state index in [0.717, 1.165) is 5.56 Å². The van der Waals surface area contributed by atoms with Crippen LogP contribution in [0.15, 0.2) is 30.6 Å². The maximum atomic E-state index is 13.9. The van der Waals surface area contributed by atoms with Crippen molar-refractivity contribution in [2.75, 3.05) is 26.2 Å². The number of piperazine rings is 1. The highest BCUT2D eigenvalue weighted by Gasteiger charge is 2.22. The lowest BCUT2D eigenvalue weighted by Gasteiger charge is -2.35. The molecule has 0 spiro atoms. The number of hydrogen-bond donors (Lipinski definition) is 0. The van der Waals surface area contributed by atoms with Gasteiger partial charge >= 0.3 is 0 Å². The van der Waals surface area contributed by atoms with Gasteiger partial charge in [-0.05, 0) is 24.6 Å². The van der Waals surface area contributed by atoms with Crippen molar-refractivity contribution in [2.45, 2.75) is 20.0 Å². The monoisotopic (exact) mass is 350 g/mol. The summed E-state index contributed by atoms with van der Waals surface area (Å²) >= 11 is 6.08. The van der Waals surface area contributed by atoms with Crippen molar-refractivity contribution < 1.29 is 9.18 Å². The molecule has 5 nitrogen and oxygen atoms in total. The molecule has 1 aromatic heterocycles. The molecule has 0 aliphatic carbocycles. The molecule has 1 fully saturated rings. The van der Waals surface area contributed by atoms with Crippen molar-refractivity contribution >= 4 is 17.5 Å². The molecule has 1 aliphatic rings. The van der Waals surface area contributed by atoms with Crippen LogP contribution >= 0.6 is 11.6 Å². The molecule has 0 N–H and O–H groups in total. The van der Waals surface area contributed by atoms with Gasteiger partial charge in [-0.15, -0.1) is 0 Å². The Kier molecular flexibility index (Phi) is 5.16. The van der Waals surface area contributed by atoms with Crippen LogP contribution in [0.3, 0.4) is 0 Å². The molecule has 1 amide bonds. The van der Waals surface area contributed by atoms with Crippen molar-refractivity contribution in [3.05, 3.63) is 52.6 Å². The number of halogens is 2. The highest BCUT2D eigenvalue weighted by molar-refractivity contribution is 6.31. The van der Waals surface area contributed by atoms with Gasteiger partial charge in [-0.25, -0.2) is 4.39 Å². The van der Waals surface area contributed by atoms with E-state index >= 15 is 0 Å². The summed E-state index contributed by atoms with van der Waals surface area (Å²) in [7, 11) is 0. The van der Waals surface area contributed by atoms with E-state index in [1.807, 2.05) is 18.0 Å². The molecule has 1 aliphatic heterocycles. The number of rotatable bonds is 4. The van der Waals surface area contributed by atoms with E-state index in [0.29, 0.717) is 43.3 Å². The lowest BCUT2D eigenvalue weighted by atomic mass is 10.2. The summed E-state index contributed by atoms with van der Waals surface area (Å²) < 4.78 is 15.5. The Morgan fingerprint density at radius 2 is 2.04 bits per heavy atom. The standard InChI is InChI=1S/C17H20ClFN4O/c1-13-9-20-23(10-13)12-17(24)22-7-5-21(6-8-22)11-14-15(18)3-2-4-16(14)19/h2-4,9-10H,5-8,11-12H2,1H3. The van der Waals surface area contributed by atoms with E-state index in [4.69, 9.17) is 11.6 Å². The molecular weight excluding hydrogens is 331 g/mol. The fourth-order valence-corrected chi connectivity index (χ4v) is 3.08. The van der Waals surface area contributed by atoms with Crippen LogP contribution in [0.5, 0.6) is 0 Å². The van der Waals surface area contributed by atoms with Gasteiger partial charge in [0.25, 0.3) is 0 Å². The summed E-state index contributed by atoms with van der Waals surface area (Å²) in [6, 6.07) is 4.73. The number of aryl methyl sites for hydroxylation is 1. The average molecular weight is 351 g/mol. The minimum absolute atomic E-state index is 0.0571. The minimum Gasteiger partial charge on any atom is -0.339 e. The number of nitrogens with zero attached hydrogens (tertiary/aromatic N) is 4. The third-order valence-corrected chi connectivity index (χ3v) is 4.58. The van der Waals surface area contributed by atoms with Gasteiger partial charge < -0.3 is 4.90 Å². The molecule has 0 saturated carbocycles. The van der Waals surface area contributed by atoms with Crippen molar-refractivity contribution in [3.8, 4) is 0 Å². The molecule has 0 unspecified atom stereocenters. The Morgan fingerprint density at radius 1 is 1.29 bits per heavy atom.